The van der Waals surface area contributed by atoms with Gasteiger partial charge in [-0.15, -0.1) is 0 Å². The highest BCUT2D eigenvalue weighted by Gasteiger charge is 2.25. The van der Waals surface area contributed by atoms with Crippen molar-refractivity contribution in [2.24, 2.45) is 0 Å². The van der Waals surface area contributed by atoms with Crippen LogP contribution in [0.3, 0.4) is 0 Å². The number of carbonyl (C=O) groups excluding carboxylic acids is 1. The van der Waals surface area contributed by atoms with Gasteiger partial charge in [0.2, 0.25) is 6.79 Å². The number of nitrogens with one attached hydrogen (secondary N) is 1. The van der Waals surface area contributed by atoms with E-state index in [0.29, 0.717) is 17.9 Å². The van der Waals surface area contributed by atoms with E-state index in [1.807, 2.05) is 35.9 Å². The van der Waals surface area contributed by atoms with E-state index in [-0.39, 0.29) is 24.2 Å². The van der Waals surface area contributed by atoms with E-state index in [0.717, 1.165) is 33.7 Å². The number of hydrogen-bond donors (Lipinski definition) is 1. The second-order valence-corrected chi connectivity index (χ2v) is 8.99. The lowest BCUT2D eigenvalue weighted by Gasteiger charge is -2.20. The minimum Gasteiger partial charge on any atom is -0.454 e. The van der Waals surface area contributed by atoms with Crippen LogP contribution in [0.2, 0.25) is 0 Å². The molecule has 0 unspecified atom stereocenters. The van der Waals surface area contributed by atoms with Crippen LogP contribution in [-0.2, 0) is 12.1 Å². The maximum atomic E-state index is 13.2. The van der Waals surface area contributed by atoms with Crippen LogP contribution in [0.4, 0.5) is 0 Å². The molecule has 1 aliphatic heterocycles. The van der Waals surface area contributed by atoms with Crippen molar-refractivity contribution in [2.45, 2.75) is 59.5 Å². The summed E-state index contributed by atoms with van der Waals surface area (Å²) in [6, 6.07) is 7.58. The number of carbonyl (C=O) groups is 1. The van der Waals surface area contributed by atoms with Crippen LogP contribution in [-0.4, -0.2) is 27.5 Å². The highest BCUT2D eigenvalue weighted by atomic mass is 16.7. The van der Waals surface area contributed by atoms with Gasteiger partial charge < -0.3 is 14.8 Å². The zero-order valence-corrected chi connectivity index (χ0v) is 18.4. The Bertz CT molecular complexity index is 1130. The second kappa shape index (κ2) is 7.31. The smallest absolute Gasteiger partial charge is 0.252 e. The zero-order valence-electron chi connectivity index (χ0n) is 18.4. The molecule has 0 spiro atoms. The molecule has 0 atom stereocenters. The first-order valence-electron chi connectivity index (χ1n) is 10.2. The minimum atomic E-state index is -0.241. The molecule has 0 aliphatic carbocycles. The molecule has 1 aliphatic rings. The molecular formula is C23H28N4O3. The lowest BCUT2D eigenvalue weighted by molar-refractivity contribution is 0.0952. The summed E-state index contributed by atoms with van der Waals surface area (Å²) in [6.45, 7) is 13.0. The first-order chi connectivity index (χ1) is 14.1. The van der Waals surface area contributed by atoms with Gasteiger partial charge in [-0.1, -0.05) is 19.9 Å². The van der Waals surface area contributed by atoms with Crippen molar-refractivity contribution in [3.63, 3.8) is 0 Å². The van der Waals surface area contributed by atoms with Crippen molar-refractivity contribution in [2.75, 3.05) is 6.79 Å². The van der Waals surface area contributed by atoms with Crippen molar-refractivity contribution in [1.29, 1.82) is 0 Å². The summed E-state index contributed by atoms with van der Waals surface area (Å²) in [4.78, 5) is 18.1. The first kappa shape index (κ1) is 20.2. The van der Waals surface area contributed by atoms with Gasteiger partial charge in [0.05, 0.1) is 22.2 Å². The maximum Gasteiger partial charge on any atom is 0.252 e. The highest BCUT2D eigenvalue weighted by Crippen LogP contribution is 2.33. The molecule has 3 heterocycles. The number of nitrogens with zero attached hydrogens (tertiary/aromatic N) is 3. The molecule has 0 fully saturated rings. The number of amides is 1. The van der Waals surface area contributed by atoms with Crippen molar-refractivity contribution < 1.29 is 14.3 Å². The molecule has 1 aromatic carbocycles. The Morgan fingerprint density at radius 2 is 1.93 bits per heavy atom. The topological polar surface area (TPSA) is 78.3 Å². The van der Waals surface area contributed by atoms with Gasteiger partial charge in [-0.05, 0) is 57.4 Å². The average Bonchev–Trinajstić information content (AvgIpc) is 3.29. The third kappa shape index (κ3) is 3.60. The van der Waals surface area contributed by atoms with Crippen molar-refractivity contribution >= 4 is 16.9 Å². The first-order valence-corrected chi connectivity index (χ1v) is 10.2. The Kier molecular flexibility index (Phi) is 4.92. The summed E-state index contributed by atoms with van der Waals surface area (Å²) in [7, 11) is 0. The van der Waals surface area contributed by atoms with E-state index in [9.17, 15) is 4.79 Å². The summed E-state index contributed by atoms with van der Waals surface area (Å²) < 4.78 is 12.7. The van der Waals surface area contributed by atoms with Crippen LogP contribution in [0, 0.1) is 6.92 Å². The van der Waals surface area contributed by atoms with Crippen molar-refractivity contribution in [3.8, 4) is 11.5 Å². The van der Waals surface area contributed by atoms with Crippen LogP contribution in [0.1, 0.15) is 67.8 Å². The minimum absolute atomic E-state index is 0.140. The van der Waals surface area contributed by atoms with E-state index in [2.05, 4.69) is 39.9 Å². The summed E-state index contributed by atoms with van der Waals surface area (Å²) >= 11 is 0. The lowest BCUT2D eigenvalue weighted by Crippen LogP contribution is -2.25. The molecule has 30 heavy (non-hydrogen) atoms. The molecule has 4 rings (SSSR count). The molecule has 0 saturated heterocycles. The maximum absolute atomic E-state index is 13.2. The average molecular weight is 409 g/mol. The lowest BCUT2D eigenvalue weighted by atomic mass is 10.0. The van der Waals surface area contributed by atoms with E-state index < -0.39 is 0 Å². The summed E-state index contributed by atoms with van der Waals surface area (Å²) in [6.07, 6.45) is 0. The number of aromatic nitrogens is 3. The Balaban J connectivity index is 1.70. The Hall–Kier alpha value is -3.09. The molecule has 7 nitrogen and oxygen atoms in total. The molecule has 0 radical (unpaired) electrons. The van der Waals surface area contributed by atoms with E-state index in [4.69, 9.17) is 19.6 Å². The molecule has 1 amide bonds. The van der Waals surface area contributed by atoms with Crippen LogP contribution in [0.25, 0.3) is 11.0 Å². The van der Waals surface area contributed by atoms with Crippen LogP contribution in [0.15, 0.2) is 24.3 Å². The van der Waals surface area contributed by atoms with Gasteiger partial charge in [0.1, 0.15) is 0 Å². The third-order valence-electron chi connectivity index (χ3n) is 5.19. The van der Waals surface area contributed by atoms with Gasteiger partial charge in [0.15, 0.2) is 17.1 Å². The Labute approximate surface area is 176 Å². The number of hydrogen-bond acceptors (Lipinski definition) is 5. The van der Waals surface area contributed by atoms with E-state index >= 15 is 0 Å². The molecule has 158 valence electrons. The Morgan fingerprint density at radius 3 is 2.63 bits per heavy atom. The number of benzene rings is 1. The largest absolute Gasteiger partial charge is 0.454 e. The van der Waals surface area contributed by atoms with E-state index in [1.54, 1.807) is 0 Å². The summed E-state index contributed by atoms with van der Waals surface area (Å²) in [5.74, 6) is 1.49. The van der Waals surface area contributed by atoms with Crippen LogP contribution in [0.5, 0.6) is 11.5 Å². The Morgan fingerprint density at radius 1 is 1.20 bits per heavy atom. The second-order valence-electron chi connectivity index (χ2n) is 8.99. The number of fused-ring (bicyclic) bond motifs is 2. The molecule has 3 aromatic rings. The van der Waals surface area contributed by atoms with Gasteiger partial charge in [-0.2, -0.15) is 5.10 Å². The molecule has 0 bridgehead atoms. The van der Waals surface area contributed by atoms with Gasteiger partial charge in [0, 0.05) is 12.2 Å². The van der Waals surface area contributed by atoms with Crippen LogP contribution < -0.4 is 14.8 Å². The number of aryl methyl sites for hydroxylation is 1. The quantitative estimate of drug-likeness (QED) is 0.697. The fourth-order valence-electron chi connectivity index (χ4n) is 3.58. The van der Waals surface area contributed by atoms with E-state index in [1.165, 1.54) is 0 Å². The molecule has 7 heteroatoms. The highest BCUT2D eigenvalue weighted by molar-refractivity contribution is 6.06. The van der Waals surface area contributed by atoms with Crippen molar-refractivity contribution in [1.82, 2.24) is 20.1 Å². The van der Waals surface area contributed by atoms with Gasteiger partial charge in [-0.3, -0.25) is 4.79 Å². The fourth-order valence-corrected chi connectivity index (χ4v) is 3.58. The van der Waals surface area contributed by atoms with Gasteiger partial charge in [-0.25, -0.2) is 9.67 Å². The zero-order chi connectivity index (χ0) is 21.6. The van der Waals surface area contributed by atoms with Crippen LogP contribution >= 0.6 is 0 Å². The van der Waals surface area contributed by atoms with Gasteiger partial charge in [0.25, 0.3) is 5.91 Å². The number of ether oxygens (including phenoxy) is 2. The predicted octanol–water partition coefficient (Wildman–Crippen LogP) is 4.28. The monoisotopic (exact) mass is 408 g/mol. The number of rotatable bonds is 4. The standard InChI is InChI=1S/C23H28N4O3/c1-13(2)17-10-16(20-14(3)26-27(21(20)25-17)23(4,5)6)22(28)24-11-15-7-8-18-19(9-15)30-12-29-18/h7-10,13H,11-12H2,1-6H3,(H,24,28). The number of pyridine rings is 1. The summed E-state index contributed by atoms with van der Waals surface area (Å²) in [5.41, 5.74) is 3.74. The molecular weight excluding hydrogens is 380 g/mol. The SMILES string of the molecule is Cc1nn(C(C)(C)C)c2nc(C(C)C)cc(C(=O)NCc3ccc4c(c3)OCO4)c12. The third-order valence-corrected chi connectivity index (χ3v) is 5.19. The fraction of sp³-hybridized carbons (Fsp3) is 0.435. The predicted molar refractivity (Wildman–Crippen MR) is 115 cm³/mol. The molecule has 1 N–H and O–H groups in total. The summed E-state index contributed by atoms with van der Waals surface area (Å²) in [5, 5.41) is 8.55. The molecule has 2 aromatic heterocycles. The van der Waals surface area contributed by atoms with Gasteiger partial charge >= 0.3 is 0 Å². The normalized spacial score (nSPS) is 13.3. The van der Waals surface area contributed by atoms with Crippen molar-refractivity contribution in [3.05, 3.63) is 46.8 Å². The molecule has 0 saturated carbocycles.